The Labute approximate surface area is 157 Å². The number of carbonyl (C=O) groups excluding carboxylic acids is 1. The first-order valence-corrected chi connectivity index (χ1v) is 11.6. The quantitative estimate of drug-likeness (QED) is 0.621. The molecular weight excluding hydrogens is 370 g/mol. The van der Waals surface area contributed by atoms with Crippen molar-refractivity contribution in [2.24, 2.45) is 0 Å². The molecule has 138 valence electrons. The highest BCUT2D eigenvalue weighted by Crippen LogP contribution is 2.39. The Morgan fingerprint density at radius 2 is 2.08 bits per heavy atom. The molecule has 0 bridgehead atoms. The summed E-state index contributed by atoms with van der Waals surface area (Å²) in [5.41, 5.74) is 0.241. The summed E-state index contributed by atoms with van der Waals surface area (Å²) in [4.78, 5) is 21.7. The number of carbonyl (C=O) groups is 1. The molecule has 1 saturated carbocycles. The summed E-state index contributed by atoms with van der Waals surface area (Å²) < 4.78 is 23.4. The molecule has 1 N–H and O–H groups in total. The van der Waals surface area contributed by atoms with E-state index in [2.05, 4.69) is 15.3 Å². The van der Waals surface area contributed by atoms with Gasteiger partial charge in [-0.1, -0.05) is 30.0 Å². The van der Waals surface area contributed by atoms with E-state index in [1.807, 2.05) is 24.3 Å². The number of hydrogen-bond acceptors (Lipinski definition) is 6. The second kappa shape index (κ2) is 6.49. The van der Waals surface area contributed by atoms with Crippen molar-refractivity contribution in [1.82, 2.24) is 15.3 Å². The standard InChI is InChI=1S/C18H21N3O3S2/c1-18(8-9-26(23,24)11-18)21-15(22)10-25-17-13-4-2-3-5-14(13)19-16(20-17)12-6-7-12/h2-5,12H,6-11H2,1H3,(H,21,22)/t18-/m1/s1. The van der Waals surface area contributed by atoms with Crippen LogP contribution in [0.3, 0.4) is 0 Å². The Morgan fingerprint density at radius 3 is 2.77 bits per heavy atom. The molecule has 8 heteroatoms. The largest absolute Gasteiger partial charge is 0.349 e. The number of fused-ring (bicyclic) bond motifs is 1. The molecule has 1 atom stereocenters. The van der Waals surface area contributed by atoms with Crippen LogP contribution in [0, 0.1) is 0 Å². The number of para-hydroxylation sites is 1. The minimum atomic E-state index is -3.05. The van der Waals surface area contributed by atoms with Crippen LogP contribution in [0.5, 0.6) is 0 Å². The van der Waals surface area contributed by atoms with Gasteiger partial charge in [0.15, 0.2) is 9.84 Å². The zero-order valence-electron chi connectivity index (χ0n) is 14.6. The van der Waals surface area contributed by atoms with Crippen LogP contribution in [0.1, 0.15) is 37.9 Å². The Bertz CT molecular complexity index is 973. The molecule has 2 fully saturated rings. The maximum absolute atomic E-state index is 12.4. The van der Waals surface area contributed by atoms with E-state index < -0.39 is 15.4 Å². The molecule has 0 spiro atoms. The number of amides is 1. The number of rotatable bonds is 5. The fourth-order valence-corrected chi connectivity index (χ4v) is 6.23. The topological polar surface area (TPSA) is 89.0 Å². The third kappa shape index (κ3) is 3.86. The van der Waals surface area contributed by atoms with Crippen molar-refractivity contribution in [3.63, 3.8) is 0 Å². The Morgan fingerprint density at radius 1 is 1.31 bits per heavy atom. The van der Waals surface area contributed by atoms with Crippen molar-refractivity contribution in [2.75, 3.05) is 17.3 Å². The van der Waals surface area contributed by atoms with Gasteiger partial charge in [-0.3, -0.25) is 4.79 Å². The van der Waals surface area contributed by atoms with Crippen molar-refractivity contribution in [2.45, 2.75) is 42.7 Å². The van der Waals surface area contributed by atoms with E-state index in [9.17, 15) is 13.2 Å². The molecule has 1 amide bonds. The Kier molecular flexibility index (Phi) is 4.43. The van der Waals surface area contributed by atoms with Gasteiger partial charge in [-0.15, -0.1) is 0 Å². The molecular formula is C18H21N3O3S2. The van der Waals surface area contributed by atoms with Crippen LogP contribution >= 0.6 is 11.8 Å². The monoisotopic (exact) mass is 391 g/mol. The number of hydrogen-bond donors (Lipinski definition) is 1. The lowest BCUT2D eigenvalue weighted by Gasteiger charge is -2.23. The highest BCUT2D eigenvalue weighted by Gasteiger charge is 2.39. The fraction of sp³-hybridized carbons (Fsp3) is 0.500. The summed E-state index contributed by atoms with van der Waals surface area (Å²) in [6.45, 7) is 1.80. The zero-order chi connectivity index (χ0) is 18.4. The first-order valence-electron chi connectivity index (χ1n) is 8.75. The molecule has 1 aromatic heterocycles. The molecule has 1 aliphatic carbocycles. The van der Waals surface area contributed by atoms with Crippen LogP contribution in [0.4, 0.5) is 0 Å². The molecule has 1 aliphatic heterocycles. The van der Waals surface area contributed by atoms with Gasteiger partial charge in [-0.25, -0.2) is 18.4 Å². The summed E-state index contributed by atoms with van der Waals surface area (Å²) >= 11 is 1.39. The van der Waals surface area contributed by atoms with Crippen LogP contribution in [-0.2, 0) is 14.6 Å². The van der Waals surface area contributed by atoms with Crippen molar-refractivity contribution in [3.05, 3.63) is 30.1 Å². The third-order valence-corrected chi connectivity index (χ3v) is 7.71. The lowest BCUT2D eigenvalue weighted by molar-refractivity contribution is -0.120. The minimum Gasteiger partial charge on any atom is -0.349 e. The molecule has 2 heterocycles. The highest BCUT2D eigenvalue weighted by molar-refractivity contribution is 8.00. The number of nitrogens with zero attached hydrogens (tertiary/aromatic N) is 2. The van der Waals surface area contributed by atoms with Crippen molar-refractivity contribution < 1.29 is 13.2 Å². The van der Waals surface area contributed by atoms with Crippen LogP contribution in [-0.4, -0.2) is 47.1 Å². The number of nitrogens with one attached hydrogen (secondary N) is 1. The smallest absolute Gasteiger partial charge is 0.230 e. The fourth-order valence-electron chi connectivity index (χ4n) is 3.31. The molecule has 0 unspecified atom stereocenters. The van der Waals surface area contributed by atoms with Crippen LogP contribution in [0.25, 0.3) is 10.9 Å². The number of sulfone groups is 1. The van der Waals surface area contributed by atoms with Gasteiger partial charge < -0.3 is 5.32 Å². The van der Waals surface area contributed by atoms with Gasteiger partial charge in [0.25, 0.3) is 0 Å². The van der Waals surface area contributed by atoms with E-state index in [1.165, 1.54) is 11.8 Å². The predicted octanol–water partition coefficient (Wildman–Crippen LogP) is 2.29. The molecule has 1 saturated heterocycles. The van der Waals surface area contributed by atoms with E-state index in [0.717, 1.165) is 34.6 Å². The lowest BCUT2D eigenvalue weighted by atomic mass is 10.0. The maximum Gasteiger partial charge on any atom is 0.230 e. The third-order valence-electron chi connectivity index (χ3n) is 4.81. The van der Waals surface area contributed by atoms with Gasteiger partial charge in [-0.2, -0.15) is 0 Å². The summed E-state index contributed by atoms with van der Waals surface area (Å²) in [6, 6.07) is 7.83. The number of thioether (sulfide) groups is 1. The van der Waals surface area contributed by atoms with Gasteiger partial charge in [0, 0.05) is 11.3 Å². The van der Waals surface area contributed by atoms with Crippen molar-refractivity contribution in [3.8, 4) is 0 Å². The normalized spacial score (nSPS) is 24.7. The van der Waals surface area contributed by atoms with Crippen LogP contribution in [0.15, 0.2) is 29.3 Å². The number of aromatic nitrogens is 2. The summed E-state index contributed by atoms with van der Waals surface area (Å²) in [5, 5.41) is 4.66. The average Bonchev–Trinajstić information content (AvgIpc) is 3.38. The summed E-state index contributed by atoms with van der Waals surface area (Å²) in [5.74, 6) is 1.50. The minimum absolute atomic E-state index is 0.0126. The maximum atomic E-state index is 12.4. The van der Waals surface area contributed by atoms with E-state index in [1.54, 1.807) is 6.92 Å². The van der Waals surface area contributed by atoms with Gasteiger partial charge in [0.05, 0.1) is 28.3 Å². The van der Waals surface area contributed by atoms with Crippen molar-refractivity contribution >= 4 is 38.4 Å². The second-order valence-electron chi connectivity index (χ2n) is 7.42. The van der Waals surface area contributed by atoms with Crippen molar-refractivity contribution in [1.29, 1.82) is 0 Å². The molecule has 26 heavy (non-hydrogen) atoms. The van der Waals surface area contributed by atoms with E-state index in [4.69, 9.17) is 0 Å². The average molecular weight is 392 g/mol. The summed E-state index contributed by atoms with van der Waals surface area (Å²) in [7, 11) is -3.05. The lowest BCUT2D eigenvalue weighted by Crippen LogP contribution is -2.47. The van der Waals surface area contributed by atoms with Gasteiger partial charge in [-0.05, 0) is 32.3 Å². The first-order chi connectivity index (χ1) is 12.3. The van der Waals surface area contributed by atoms with E-state index in [0.29, 0.717) is 12.3 Å². The Hall–Kier alpha value is -1.67. The molecule has 2 aliphatic rings. The van der Waals surface area contributed by atoms with Gasteiger partial charge >= 0.3 is 0 Å². The zero-order valence-corrected chi connectivity index (χ0v) is 16.2. The van der Waals surface area contributed by atoms with Crippen LogP contribution < -0.4 is 5.32 Å². The summed E-state index contributed by atoms with van der Waals surface area (Å²) in [6.07, 6.45) is 2.71. The van der Waals surface area contributed by atoms with E-state index >= 15 is 0 Å². The second-order valence-corrected chi connectivity index (χ2v) is 10.6. The first kappa shape index (κ1) is 17.7. The molecule has 4 rings (SSSR count). The molecule has 0 radical (unpaired) electrons. The van der Waals surface area contributed by atoms with Gasteiger partial charge in [0.1, 0.15) is 10.9 Å². The van der Waals surface area contributed by atoms with Gasteiger partial charge in [0.2, 0.25) is 5.91 Å². The highest BCUT2D eigenvalue weighted by atomic mass is 32.2. The Balaban J connectivity index is 1.48. The van der Waals surface area contributed by atoms with E-state index in [-0.39, 0.29) is 23.2 Å². The van der Waals surface area contributed by atoms with Crippen LogP contribution in [0.2, 0.25) is 0 Å². The SMILES string of the molecule is C[C@@]1(NC(=O)CSc2nc(C3CC3)nc3ccccc23)CCS(=O)(=O)C1. The molecule has 2 aromatic rings. The number of benzene rings is 1. The molecule has 6 nitrogen and oxygen atoms in total. The molecule has 1 aromatic carbocycles. The predicted molar refractivity (Wildman–Crippen MR) is 102 cm³/mol.